The Hall–Kier alpha value is -0.860. The fraction of sp³-hybridized carbons (Fsp3) is 0.571. The van der Waals surface area contributed by atoms with Crippen LogP contribution in [0.2, 0.25) is 0 Å². The minimum absolute atomic E-state index is 0.532. The molecule has 2 rings (SSSR count). The van der Waals surface area contributed by atoms with Crippen LogP contribution in [0.5, 0.6) is 0 Å². The summed E-state index contributed by atoms with van der Waals surface area (Å²) in [5, 5.41) is 3.49. The third-order valence-corrected chi connectivity index (χ3v) is 3.47. The van der Waals surface area contributed by atoms with Gasteiger partial charge in [0.15, 0.2) is 0 Å². The highest BCUT2D eigenvalue weighted by atomic mass is 15.2. The first-order valence-corrected chi connectivity index (χ1v) is 6.21. The third-order valence-electron chi connectivity index (χ3n) is 3.47. The van der Waals surface area contributed by atoms with E-state index in [0.29, 0.717) is 12.1 Å². The Bertz CT molecular complexity index is 348. The molecule has 2 nitrogen and oxygen atoms in total. The summed E-state index contributed by atoms with van der Waals surface area (Å²) in [5.74, 6) is 0. The van der Waals surface area contributed by atoms with E-state index in [-0.39, 0.29) is 0 Å². The van der Waals surface area contributed by atoms with E-state index in [2.05, 4.69) is 55.3 Å². The first-order valence-electron chi connectivity index (χ1n) is 6.21. The Morgan fingerprint density at radius 3 is 2.94 bits per heavy atom. The van der Waals surface area contributed by atoms with Crippen molar-refractivity contribution in [3.63, 3.8) is 0 Å². The molecule has 0 spiro atoms. The largest absolute Gasteiger partial charge is 0.312 e. The molecule has 2 atom stereocenters. The third kappa shape index (κ3) is 2.63. The van der Waals surface area contributed by atoms with Crippen molar-refractivity contribution in [3.05, 3.63) is 35.4 Å². The molecule has 88 valence electrons. The summed E-state index contributed by atoms with van der Waals surface area (Å²) in [7, 11) is 0. The summed E-state index contributed by atoms with van der Waals surface area (Å²) in [6, 6.07) is 10.0. The highest BCUT2D eigenvalue weighted by molar-refractivity contribution is 5.24. The Morgan fingerprint density at radius 2 is 2.25 bits per heavy atom. The molecule has 2 unspecified atom stereocenters. The van der Waals surface area contributed by atoms with Gasteiger partial charge in [0.05, 0.1) is 0 Å². The zero-order valence-corrected chi connectivity index (χ0v) is 10.5. The molecule has 2 heteroatoms. The maximum Gasteiger partial charge on any atom is 0.0321 e. The average molecular weight is 218 g/mol. The number of rotatable bonds is 2. The maximum absolute atomic E-state index is 3.49. The number of hydrogen-bond donors (Lipinski definition) is 1. The van der Waals surface area contributed by atoms with Crippen molar-refractivity contribution in [2.24, 2.45) is 0 Å². The molecule has 0 amide bonds. The Morgan fingerprint density at radius 1 is 1.44 bits per heavy atom. The summed E-state index contributed by atoms with van der Waals surface area (Å²) in [4.78, 5) is 2.57. The highest BCUT2D eigenvalue weighted by Gasteiger charge is 2.21. The van der Waals surface area contributed by atoms with Gasteiger partial charge in [-0.25, -0.2) is 0 Å². The first kappa shape index (κ1) is 11.6. The number of piperazine rings is 1. The summed E-state index contributed by atoms with van der Waals surface area (Å²) < 4.78 is 0. The van der Waals surface area contributed by atoms with E-state index in [1.54, 1.807) is 0 Å². The highest BCUT2D eigenvalue weighted by Crippen LogP contribution is 2.21. The van der Waals surface area contributed by atoms with Crippen molar-refractivity contribution in [1.29, 1.82) is 0 Å². The van der Waals surface area contributed by atoms with Crippen LogP contribution in [0, 0.1) is 6.92 Å². The molecule has 1 aliphatic heterocycles. The minimum atomic E-state index is 0.532. The summed E-state index contributed by atoms with van der Waals surface area (Å²) in [5.41, 5.74) is 2.79. The van der Waals surface area contributed by atoms with Gasteiger partial charge in [0.2, 0.25) is 0 Å². The second-order valence-electron chi connectivity index (χ2n) is 4.94. The van der Waals surface area contributed by atoms with Crippen molar-refractivity contribution in [3.8, 4) is 0 Å². The molecule has 1 saturated heterocycles. The lowest BCUT2D eigenvalue weighted by molar-refractivity contribution is 0.158. The first-order chi connectivity index (χ1) is 7.66. The second-order valence-corrected chi connectivity index (χ2v) is 4.94. The van der Waals surface area contributed by atoms with Crippen molar-refractivity contribution in [2.45, 2.75) is 32.9 Å². The Balaban J connectivity index is 2.09. The number of benzene rings is 1. The van der Waals surface area contributed by atoms with Crippen LogP contribution in [0.25, 0.3) is 0 Å². The standard InChI is InChI=1S/C14H22N2/c1-11-5-4-6-14(9-11)13(3)16-8-7-15-12(2)10-16/h4-6,9,12-13,15H,7-8,10H2,1-3H3. The van der Waals surface area contributed by atoms with Crippen LogP contribution in [0.3, 0.4) is 0 Å². The molecule has 1 heterocycles. The number of hydrogen-bond acceptors (Lipinski definition) is 2. The second kappa shape index (κ2) is 4.98. The molecular weight excluding hydrogens is 196 g/mol. The van der Waals surface area contributed by atoms with Gasteiger partial charge in [0.1, 0.15) is 0 Å². The van der Waals surface area contributed by atoms with Gasteiger partial charge in [-0.2, -0.15) is 0 Å². The summed E-state index contributed by atoms with van der Waals surface area (Å²) in [6.45, 7) is 10.1. The summed E-state index contributed by atoms with van der Waals surface area (Å²) >= 11 is 0. The molecule has 0 aromatic heterocycles. The molecule has 0 saturated carbocycles. The van der Waals surface area contributed by atoms with Crippen LogP contribution in [0.15, 0.2) is 24.3 Å². The van der Waals surface area contributed by atoms with Crippen LogP contribution in [-0.4, -0.2) is 30.6 Å². The van der Waals surface area contributed by atoms with Crippen LogP contribution < -0.4 is 5.32 Å². The number of nitrogens with one attached hydrogen (secondary N) is 1. The van der Waals surface area contributed by atoms with Crippen molar-refractivity contribution in [2.75, 3.05) is 19.6 Å². The van der Waals surface area contributed by atoms with E-state index >= 15 is 0 Å². The molecule has 0 aliphatic carbocycles. The lowest BCUT2D eigenvalue weighted by atomic mass is 10.0. The Labute approximate surface area is 98.7 Å². The average Bonchev–Trinajstić information content (AvgIpc) is 2.28. The lowest BCUT2D eigenvalue weighted by Crippen LogP contribution is -2.49. The van der Waals surface area contributed by atoms with E-state index < -0.39 is 0 Å². The van der Waals surface area contributed by atoms with E-state index in [1.807, 2.05) is 0 Å². The molecule has 0 radical (unpaired) electrons. The fourth-order valence-electron chi connectivity index (χ4n) is 2.45. The normalized spacial score (nSPS) is 24.3. The van der Waals surface area contributed by atoms with Gasteiger partial charge in [-0.1, -0.05) is 29.8 Å². The van der Waals surface area contributed by atoms with Crippen molar-refractivity contribution < 1.29 is 0 Å². The molecule has 1 aromatic rings. The smallest absolute Gasteiger partial charge is 0.0321 e. The molecule has 16 heavy (non-hydrogen) atoms. The van der Waals surface area contributed by atoms with Gasteiger partial charge in [-0.15, -0.1) is 0 Å². The summed E-state index contributed by atoms with van der Waals surface area (Å²) in [6.07, 6.45) is 0. The lowest BCUT2D eigenvalue weighted by Gasteiger charge is -2.36. The molecule has 1 aliphatic rings. The number of aryl methyl sites for hydroxylation is 1. The molecular formula is C14H22N2. The van der Waals surface area contributed by atoms with Crippen LogP contribution in [-0.2, 0) is 0 Å². The zero-order chi connectivity index (χ0) is 11.5. The predicted octanol–water partition coefficient (Wildman–Crippen LogP) is 2.35. The maximum atomic E-state index is 3.49. The van der Waals surface area contributed by atoms with E-state index in [4.69, 9.17) is 0 Å². The van der Waals surface area contributed by atoms with E-state index in [1.165, 1.54) is 11.1 Å². The van der Waals surface area contributed by atoms with Crippen molar-refractivity contribution in [1.82, 2.24) is 10.2 Å². The predicted molar refractivity (Wildman–Crippen MR) is 68.6 cm³/mol. The van der Waals surface area contributed by atoms with Gasteiger partial charge in [0, 0.05) is 31.7 Å². The van der Waals surface area contributed by atoms with Gasteiger partial charge in [-0.05, 0) is 26.3 Å². The van der Waals surface area contributed by atoms with Crippen LogP contribution in [0.1, 0.15) is 31.0 Å². The van der Waals surface area contributed by atoms with Gasteiger partial charge in [0.25, 0.3) is 0 Å². The molecule has 1 fully saturated rings. The Kier molecular flexibility index (Phi) is 3.62. The SMILES string of the molecule is Cc1cccc(C(C)N2CCNC(C)C2)c1. The minimum Gasteiger partial charge on any atom is -0.312 e. The van der Waals surface area contributed by atoms with Crippen LogP contribution in [0.4, 0.5) is 0 Å². The molecule has 0 bridgehead atoms. The van der Waals surface area contributed by atoms with Gasteiger partial charge < -0.3 is 5.32 Å². The van der Waals surface area contributed by atoms with E-state index in [9.17, 15) is 0 Å². The monoisotopic (exact) mass is 218 g/mol. The van der Waals surface area contributed by atoms with Gasteiger partial charge >= 0.3 is 0 Å². The fourth-order valence-corrected chi connectivity index (χ4v) is 2.45. The number of nitrogens with zero attached hydrogens (tertiary/aromatic N) is 1. The quantitative estimate of drug-likeness (QED) is 0.819. The topological polar surface area (TPSA) is 15.3 Å². The van der Waals surface area contributed by atoms with Crippen LogP contribution >= 0.6 is 0 Å². The zero-order valence-electron chi connectivity index (χ0n) is 10.5. The molecule has 1 aromatic carbocycles. The van der Waals surface area contributed by atoms with Gasteiger partial charge in [-0.3, -0.25) is 4.90 Å². The van der Waals surface area contributed by atoms with Crippen molar-refractivity contribution >= 4 is 0 Å². The van der Waals surface area contributed by atoms with E-state index in [0.717, 1.165) is 19.6 Å². The molecule has 1 N–H and O–H groups in total.